The van der Waals surface area contributed by atoms with Crippen LogP contribution in [0.1, 0.15) is 20.3 Å². The van der Waals surface area contributed by atoms with Gasteiger partial charge >= 0.3 is 5.97 Å². The summed E-state index contributed by atoms with van der Waals surface area (Å²) in [6.45, 7) is 3.70. The molecule has 0 saturated carbocycles. The number of rotatable bonds is 7. The van der Waals surface area contributed by atoms with Gasteiger partial charge in [-0.2, -0.15) is 0 Å². The molecule has 4 heteroatoms. The molecule has 0 saturated heterocycles. The second kappa shape index (κ2) is 7.48. The number of hydrogen-bond donors (Lipinski definition) is 0. The lowest BCUT2D eigenvalue weighted by Gasteiger charge is -2.13. The van der Waals surface area contributed by atoms with E-state index in [1.54, 1.807) is 6.92 Å². The van der Waals surface area contributed by atoms with Crippen LogP contribution in [0, 0.1) is 5.92 Å². The van der Waals surface area contributed by atoms with E-state index in [0.717, 1.165) is 5.75 Å². The molecule has 0 N–H and O–H groups in total. The summed E-state index contributed by atoms with van der Waals surface area (Å²) in [4.78, 5) is 22.9. The Kier molecular flexibility index (Phi) is 5.91. The van der Waals surface area contributed by atoms with Crippen LogP contribution in [-0.4, -0.2) is 25.0 Å². The number of esters is 1. The number of carbonyl (C=O) groups is 2. The molecule has 0 amide bonds. The molecule has 4 nitrogen and oxygen atoms in total. The topological polar surface area (TPSA) is 52.6 Å². The molecule has 0 aliphatic heterocycles. The summed E-state index contributed by atoms with van der Waals surface area (Å²) in [5, 5.41) is 0. The van der Waals surface area contributed by atoms with Crippen molar-refractivity contribution in [1.29, 1.82) is 0 Å². The van der Waals surface area contributed by atoms with Crippen LogP contribution in [0.25, 0.3) is 0 Å². The summed E-state index contributed by atoms with van der Waals surface area (Å²) < 4.78 is 10.3. The third kappa shape index (κ3) is 4.57. The van der Waals surface area contributed by atoms with E-state index in [-0.39, 0.29) is 12.4 Å². The Morgan fingerprint density at radius 1 is 1.22 bits per heavy atom. The maximum atomic E-state index is 11.5. The summed E-state index contributed by atoms with van der Waals surface area (Å²) in [6, 6.07) is 9.27. The number of hydrogen-bond acceptors (Lipinski definition) is 4. The Morgan fingerprint density at radius 3 is 2.44 bits per heavy atom. The van der Waals surface area contributed by atoms with Gasteiger partial charge < -0.3 is 9.47 Å². The zero-order chi connectivity index (χ0) is 13.4. The van der Waals surface area contributed by atoms with Crippen molar-refractivity contribution in [1.82, 2.24) is 0 Å². The Bertz CT molecular complexity index is 386. The lowest BCUT2D eigenvalue weighted by Crippen LogP contribution is -2.26. The minimum absolute atomic E-state index is 0.190. The van der Waals surface area contributed by atoms with Gasteiger partial charge in [-0.1, -0.05) is 18.2 Å². The number of benzene rings is 1. The highest BCUT2D eigenvalue weighted by Gasteiger charge is 2.24. The van der Waals surface area contributed by atoms with E-state index in [9.17, 15) is 9.59 Å². The van der Waals surface area contributed by atoms with Crippen LogP contribution in [0.3, 0.4) is 0 Å². The van der Waals surface area contributed by atoms with Gasteiger partial charge in [0, 0.05) is 6.42 Å². The fraction of sp³-hybridized carbons (Fsp3) is 0.429. The molecule has 0 bridgehead atoms. The van der Waals surface area contributed by atoms with Crippen molar-refractivity contribution >= 4 is 11.8 Å². The first-order chi connectivity index (χ1) is 8.65. The van der Waals surface area contributed by atoms with E-state index >= 15 is 0 Å². The fourth-order valence-corrected chi connectivity index (χ4v) is 1.54. The van der Waals surface area contributed by atoms with E-state index in [2.05, 4.69) is 0 Å². The number of ether oxygens (including phenoxy) is 2. The molecule has 1 aromatic carbocycles. The minimum atomic E-state index is -0.728. The standard InChI is InChI=1S/C14H18O4/c1-3-17-14(16)13(11(2)15)9-10-18-12-7-5-4-6-8-12/h4-8,13H,3,9-10H2,1-2H3. The van der Waals surface area contributed by atoms with Crippen LogP contribution in [-0.2, 0) is 14.3 Å². The smallest absolute Gasteiger partial charge is 0.316 e. The molecule has 0 heterocycles. The molecule has 98 valence electrons. The van der Waals surface area contributed by atoms with Gasteiger partial charge in [0.1, 0.15) is 17.5 Å². The predicted octanol–water partition coefficient (Wildman–Crippen LogP) is 2.22. The van der Waals surface area contributed by atoms with E-state index in [0.29, 0.717) is 13.0 Å². The summed E-state index contributed by atoms with van der Waals surface area (Å²) in [5.41, 5.74) is 0. The SMILES string of the molecule is CCOC(=O)C(CCOc1ccccc1)C(C)=O. The maximum absolute atomic E-state index is 11.5. The molecule has 18 heavy (non-hydrogen) atoms. The summed E-state index contributed by atoms with van der Waals surface area (Å²) in [6.07, 6.45) is 0.336. The molecule has 0 aliphatic rings. The second-order valence-corrected chi connectivity index (χ2v) is 3.87. The third-order valence-electron chi connectivity index (χ3n) is 2.48. The Morgan fingerprint density at radius 2 is 1.89 bits per heavy atom. The zero-order valence-corrected chi connectivity index (χ0v) is 10.7. The largest absolute Gasteiger partial charge is 0.494 e. The van der Waals surface area contributed by atoms with Gasteiger partial charge in [0.25, 0.3) is 0 Å². The van der Waals surface area contributed by atoms with Crippen LogP contribution < -0.4 is 4.74 Å². The quantitative estimate of drug-likeness (QED) is 0.550. The van der Waals surface area contributed by atoms with Crippen LogP contribution in [0.2, 0.25) is 0 Å². The van der Waals surface area contributed by atoms with Gasteiger partial charge in [0.15, 0.2) is 0 Å². The third-order valence-corrected chi connectivity index (χ3v) is 2.48. The van der Waals surface area contributed by atoms with E-state index in [1.165, 1.54) is 6.92 Å². The average molecular weight is 250 g/mol. The van der Waals surface area contributed by atoms with Gasteiger partial charge in [0.05, 0.1) is 13.2 Å². The van der Waals surface area contributed by atoms with Crippen molar-refractivity contribution in [2.45, 2.75) is 20.3 Å². The van der Waals surface area contributed by atoms with E-state index < -0.39 is 11.9 Å². The lowest BCUT2D eigenvalue weighted by molar-refractivity contribution is -0.151. The minimum Gasteiger partial charge on any atom is -0.494 e. The second-order valence-electron chi connectivity index (χ2n) is 3.87. The Labute approximate surface area is 107 Å². The number of ketones is 1. The zero-order valence-electron chi connectivity index (χ0n) is 10.7. The van der Waals surface area contributed by atoms with Crippen molar-refractivity contribution in [3.05, 3.63) is 30.3 Å². The molecule has 0 spiro atoms. The van der Waals surface area contributed by atoms with Crippen LogP contribution in [0.5, 0.6) is 5.75 Å². The molecule has 1 aromatic rings. The molecule has 0 aliphatic carbocycles. The number of para-hydroxylation sites is 1. The highest BCUT2D eigenvalue weighted by Crippen LogP contribution is 2.12. The number of Topliss-reactive ketones (excluding diaryl/α,β-unsaturated/α-hetero) is 1. The first-order valence-corrected chi connectivity index (χ1v) is 6.00. The monoisotopic (exact) mass is 250 g/mol. The van der Waals surface area contributed by atoms with Gasteiger partial charge in [0.2, 0.25) is 0 Å². The molecule has 1 rings (SSSR count). The first-order valence-electron chi connectivity index (χ1n) is 6.00. The highest BCUT2D eigenvalue weighted by molar-refractivity contribution is 5.97. The summed E-state index contributed by atoms with van der Waals surface area (Å²) in [5.74, 6) is -0.663. The van der Waals surface area contributed by atoms with Gasteiger partial charge in [-0.05, 0) is 26.0 Å². The maximum Gasteiger partial charge on any atom is 0.316 e. The highest BCUT2D eigenvalue weighted by atomic mass is 16.5. The van der Waals surface area contributed by atoms with Gasteiger partial charge in [-0.25, -0.2) is 0 Å². The van der Waals surface area contributed by atoms with E-state index in [1.807, 2.05) is 30.3 Å². The molecule has 1 atom stereocenters. The summed E-state index contributed by atoms with van der Waals surface area (Å²) >= 11 is 0. The molecule has 1 unspecified atom stereocenters. The van der Waals surface area contributed by atoms with Crippen molar-refractivity contribution in [3.63, 3.8) is 0 Å². The van der Waals surface area contributed by atoms with E-state index in [4.69, 9.17) is 9.47 Å². The Hall–Kier alpha value is -1.84. The van der Waals surface area contributed by atoms with Crippen LogP contribution >= 0.6 is 0 Å². The van der Waals surface area contributed by atoms with Gasteiger partial charge in [-0.3, -0.25) is 9.59 Å². The fourth-order valence-electron chi connectivity index (χ4n) is 1.54. The lowest BCUT2D eigenvalue weighted by atomic mass is 10.0. The first kappa shape index (κ1) is 14.2. The van der Waals surface area contributed by atoms with Crippen LogP contribution in [0.4, 0.5) is 0 Å². The van der Waals surface area contributed by atoms with Crippen molar-refractivity contribution in [2.24, 2.45) is 5.92 Å². The predicted molar refractivity (Wildman–Crippen MR) is 67.4 cm³/mol. The Balaban J connectivity index is 2.43. The van der Waals surface area contributed by atoms with Crippen molar-refractivity contribution < 1.29 is 19.1 Å². The average Bonchev–Trinajstić information content (AvgIpc) is 2.35. The molecule has 0 aromatic heterocycles. The van der Waals surface area contributed by atoms with Crippen molar-refractivity contribution in [2.75, 3.05) is 13.2 Å². The van der Waals surface area contributed by atoms with Gasteiger partial charge in [-0.15, -0.1) is 0 Å². The van der Waals surface area contributed by atoms with Crippen LogP contribution in [0.15, 0.2) is 30.3 Å². The van der Waals surface area contributed by atoms with Crippen molar-refractivity contribution in [3.8, 4) is 5.75 Å². The molecular weight excluding hydrogens is 232 g/mol. The molecule has 0 fully saturated rings. The molecule has 0 radical (unpaired) electrons. The molecular formula is C14H18O4. The normalized spacial score (nSPS) is 11.7. The number of carbonyl (C=O) groups excluding carboxylic acids is 2. The summed E-state index contributed by atoms with van der Waals surface area (Å²) in [7, 11) is 0.